The Bertz CT molecular complexity index is 862. The normalized spacial score (nSPS) is 14.8. The third kappa shape index (κ3) is 3.03. The van der Waals surface area contributed by atoms with E-state index in [2.05, 4.69) is 5.32 Å². The number of rotatable bonds is 2. The number of carbonyl (C=O) groups is 2. The van der Waals surface area contributed by atoms with Gasteiger partial charge in [0.1, 0.15) is 0 Å². The molecule has 0 fully saturated rings. The van der Waals surface area contributed by atoms with Gasteiger partial charge in [-0.25, -0.2) is 0 Å². The zero-order valence-electron chi connectivity index (χ0n) is 13.9. The number of ether oxygens (including phenoxy) is 2. The van der Waals surface area contributed by atoms with Gasteiger partial charge < -0.3 is 19.7 Å². The zero-order chi connectivity index (χ0) is 17.4. The van der Waals surface area contributed by atoms with Crippen LogP contribution in [-0.4, -0.2) is 30.1 Å². The summed E-state index contributed by atoms with van der Waals surface area (Å²) in [5.41, 5.74) is 3.52. The maximum Gasteiger partial charge on any atom is 0.255 e. The molecule has 2 aromatic rings. The van der Waals surface area contributed by atoms with Gasteiger partial charge in [0.15, 0.2) is 11.5 Å². The van der Waals surface area contributed by atoms with Gasteiger partial charge in [0, 0.05) is 31.3 Å². The van der Waals surface area contributed by atoms with Crippen molar-refractivity contribution >= 4 is 17.5 Å². The van der Waals surface area contributed by atoms with Crippen LogP contribution >= 0.6 is 0 Å². The van der Waals surface area contributed by atoms with Crippen LogP contribution in [0.5, 0.6) is 11.5 Å². The summed E-state index contributed by atoms with van der Waals surface area (Å²) in [7, 11) is 0. The molecule has 2 heterocycles. The van der Waals surface area contributed by atoms with Crippen LogP contribution in [0.4, 0.5) is 5.69 Å². The Hall–Kier alpha value is -3.02. The molecule has 0 unspecified atom stereocenters. The summed E-state index contributed by atoms with van der Waals surface area (Å²) >= 11 is 0. The van der Waals surface area contributed by atoms with E-state index >= 15 is 0 Å². The van der Waals surface area contributed by atoms with Crippen molar-refractivity contribution in [1.82, 2.24) is 4.90 Å². The van der Waals surface area contributed by atoms with Crippen LogP contribution < -0.4 is 14.8 Å². The van der Waals surface area contributed by atoms with E-state index in [0.717, 1.165) is 18.5 Å². The molecule has 1 N–H and O–H groups in total. The van der Waals surface area contributed by atoms with Crippen molar-refractivity contribution in [2.75, 3.05) is 18.7 Å². The van der Waals surface area contributed by atoms with Gasteiger partial charge in [-0.3, -0.25) is 9.59 Å². The fourth-order valence-corrected chi connectivity index (χ4v) is 3.14. The predicted octanol–water partition coefficient (Wildman–Crippen LogP) is 2.57. The molecule has 2 aliphatic rings. The number of fused-ring (bicyclic) bond motifs is 2. The van der Waals surface area contributed by atoms with E-state index in [1.165, 1.54) is 5.56 Å². The summed E-state index contributed by atoms with van der Waals surface area (Å²) in [5.74, 6) is 1.09. The van der Waals surface area contributed by atoms with Crippen molar-refractivity contribution in [2.24, 2.45) is 0 Å². The highest BCUT2D eigenvalue weighted by Crippen LogP contribution is 2.32. The van der Waals surface area contributed by atoms with E-state index in [-0.39, 0.29) is 18.6 Å². The molecule has 0 aromatic heterocycles. The summed E-state index contributed by atoms with van der Waals surface area (Å²) in [6.45, 7) is 3.08. The second-order valence-electron chi connectivity index (χ2n) is 6.20. The first kappa shape index (κ1) is 15.5. The van der Waals surface area contributed by atoms with Gasteiger partial charge in [-0.1, -0.05) is 6.07 Å². The van der Waals surface area contributed by atoms with Crippen LogP contribution in [0.15, 0.2) is 36.4 Å². The predicted molar refractivity (Wildman–Crippen MR) is 91.8 cm³/mol. The number of anilines is 1. The quantitative estimate of drug-likeness (QED) is 0.914. The van der Waals surface area contributed by atoms with Gasteiger partial charge in [-0.05, 0) is 47.9 Å². The number of carbonyl (C=O) groups excluding carboxylic acids is 2. The van der Waals surface area contributed by atoms with Crippen LogP contribution in [0.25, 0.3) is 0 Å². The molecule has 4 rings (SSSR count). The van der Waals surface area contributed by atoms with Crippen molar-refractivity contribution in [3.63, 3.8) is 0 Å². The Morgan fingerprint density at radius 2 is 1.88 bits per heavy atom. The minimum Gasteiger partial charge on any atom is -0.454 e. The first-order valence-electron chi connectivity index (χ1n) is 8.18. The monoisotopic (exact) mass is 338 g/mol. The number of nitrogens with zero attached hydrogens (tertiary/aromatic N) is 1. The lowest BCUT2D eigenvalue weighted by molar-refractivity contribution is -0.129. The topological polar surface area (TPSA) is 67.9 Å². The second-order valence-corrected chi connectivity index (χ2v) is 6.20. The molecule has 0 aliphatic carbocycles. The Balaban J connectivity index is 1.52. The maximum absolute atomic E-state index is 12.5. The molecule has 25 heavy (non-hydrogen) atoms. The molecule has 2 aromatic carbocycles. The summed E-state index contributed by atoms with van der Waals surface area (Å²) in [4.78, 5) is 25.9. The van der Waals surface area contributed by atoms with Crippen molar-refractivity contribution < 1.29 is 19.1 Å². The first-order valence-corrected chi connectivity index (χ1v) is 8.18. The van der Waals surface area contributed by atoms with Gasteiger partial charge >= 0.3 is 0 Å². The molecule has 128 valence electrons. The first-order chi connectivity index (χ1) is 12.1. The van der Waals surface area contributed by atoms with Gasteiger partial charge in [-0.15, -0.1) is 0 Å². The highest BCUT2D eigenvalue weighted by molar-refractivity contribution is 6.04. The summed E-state index contributed by atoms with van der Waals surface area (Å²) in [6, 6.07) is 11.0. The second kappa shape index (κ2) is 6.12. The van der Waals surface area contributed by atoms with E-state index in [0.29, 0.717) is 29.3 Å². The molecule has 2 aliphatic heterocycles. The molecular formula is C19H18N2O4. The smallest absolute Gasteiger partial charge is 0.255 e. The van der Waals surface area contributed by atoms with Crippen LogP contribution in [0.3, 0.4) is 0 Å². The van der Waals surface area contributed by atoms with Crippen molar-refractivity contribution in [3.05, 3.63) is 53.1 Å². The number of nitrogens with one attached hydrogen (secondary N) is 1. The minimum atomic E-state index is -0.211. The van der Waals surface area contributed by atoms with Gasteiger partial charge in [0.2, 0.25) is 12.7 Å². The molecule has 0 atom stereocenters. The van der Waals surface area contributed by atoms with Crippen molar-refractivity contribution in [1.29, 1.82) is 0 Å². The van der Waals surface area contributed by atoms with Crippen LogP contribution in [-0.2, 0) is 17.8 Å². The highest BCUT2D eigenvalue weighted by Gasteiger charge is 2.19. The third-order valence-electron chi connectivity index (χ3n) is 4.56. The lowest BCUT2D eigenvalue weighted by Crippen LogP contribution is -2.34. The Labute approximate surface area is 145 Å². The van der Waals surface area contributed by atoms with Crippen molar-refractivity contribution in [3.8, 4) is 11.5 Å². The fourth-order valence-electron chi connectivity index (χ4n) is 3.14. The lowest BCUT2D eigenvalue weighted by atomic mass is 9.99. The fraction of sp³-hybridized carbons (Fsp3) is 0.263. The lowest BCUT2D eigenvalue weighted by Gasteiger charge is -2.28. The molecule has 2 amide bonds. The van der Waals surface area contributed by atoms with Gasteiger partial charge in [0.05, 0.1) is 0 Å². The molecule has 0 saturated heterocycles. The van der Waals surface area contributed by atoms with Gasteiger partial charge in [0.25, 0.3) is 5.91 Å². The third-order valence-corrected chi connectivity index (χ3v) is 4.56. The molecular weight excluding hydrogens is 320 g/mol. The molecule has 6 nitrogen and oxygen atoms in total. The molecule has 0 radical (unpaired) electrons. The molecule has 0 bridgehead atoms. The average Bonchev–Trinajstić information content (AvgIpc) is 3.08. The molecule has 0 saturated carbocycles. The van der Waals surface area contributed by atoms with E-state index in [9.17, 15) is 9.59 Å². The Kier molecular flexibility index (Phi) is 3.80. The molecule has 0 spiro atoms. The summed E-state index contributed by atoms with van der Waals surface area (Å²) < 4.78 is 10.6. The molecule has 6 heteroatoms. The van der Waals surface area contributed by atoms with Crippen LogP contribution in [0.2, 0.25) is 0 Å². The Morgan fingerprint density at radius 3 is 2.72 bits per heavy atom. The zero-order valence-corrected chi connectivity index (χ0v) is 13.9. The number of amides is 2. The highest BCUT2D eigenvalue weighted by atomic mass is 16.7. The Morgan fingerprint density at radius 1 is 1.04 bits per heavy atom. The number of benzene rings is 2. The van der Waals surface area contributed by atoms with Crippen LogP contribution in [0.1, 0.15) is 28.4 Å². The summed E-state index contributed by atoms with van der Waals surface area (Å²) in [5, 5.41) is 2.90. The van der Waals surface area contributed by atoms with E-state index in [4.69, 9.17) is 9.47 Å². The average molecular weight is 338 g/mol. The van der Waals surface area contributed by atoms with Gasteiger partial charge in [-0.2, -0.15) is 0 Å². The summed E-state index contributed by atoms with van der Waals surface area (Å²) in [6.07, 6.45) is 0.839. The standard InChI is InChI=1S/C19H18N2O4/c1-12(22)21-7-6-13-2-4-16(8-15(13)10-21)20-19(23)14-3-5-17-18(9-14)25-11-24-17/h2-5,8-9H,6-7,10-11H2,1H3,(H,20,23). The maximum atomic E-state index is 12.5. The number of hydrogen-bond donors (Lipinski definition) is 1. The van der Waals surface area contributed by atoms with Crippen molar-refractivity contribution in [2.45, 2.75) is 19.9 Å². The SMILES string of the molecule is CC(=O)N1CCc2ccc(NC(=O)c3ccc4c(c3)OCO4)cc2C1. The van der Waals surface area contributed by atoms with Crippen LogP contribution in [0, 0.1) is 0 Å². The van der Waals surface area contributed by atoms with E-state index in [1.807, 2.05) is 23.1 Å². The van der Waals surface area contributed by atoms with E-state index in [1.54, 1.807) is 25.1 Å². The minimum absolute atomic E-state index is 0.0699. The largest absolute Gasteiger partial charge is 0.454 e. The van der Waals surface area contributed by atoms with E-state index < -0.39 is 0 Å². The number of hydrogen-bond acceptors (Lipinski definition) is 4.